The van der Waals surface area contributed by atoms with E-state index in [0.717, 1.165) is 29.3 Å². The second kappa shape index (κ2) is 6.71. The third-order valence-electron chi connectivity index (χ3n) is 4.04. The van der Waals surface area contributed by atoms with E-state index >= 15 is 0 Å². The largest absolute Gasteiger partial charge is 0.497 e. The lowest BCUT2D eigenvalue weighted by atomic mass is 10.0. The van der Waals surface area contributed by atoms with Gasteiger partial charge in [-0.05, 0) is 29.8 Å². The molecule has 0 fully saturated rings. The molecule has 5 heteroatoms. The van der Waals surface area contributed by atoms with Gasteiger partial charge in [0.1, 0.15) is 17.2 Å². The summed E-state index contributed by atoms with van der Waals surface area (Å²) in [5.74, 6) is 1.64. The van der Waals surface area contributed by atoms with E-state index in [1.807, 2.05) is 41.4 Å². The lowest BCUT2D eigenvalue weighted by Crippen LogP contribution is -2.19. The summed E-state index contributed by atoms with van der Waals surface area (Å²) in [6.45, 7) is 0.457. The van der Waals surface area contributed by atoms with E-state index in [1.54, 1.807) is 14.2 Å². The predicted octanol–water partition coefficient (Wildman–Crippen LogP) is 2.97. The van der Waals surface area contributed by atoms with Gasteiger partial charge in [0, 0.05) is 13.0 Å². The number of hydrogen-bond donors (Lipinski definition) is 1. The van der Waals surface area contributed by atoms with Crippen molar-refractivity contribution >= 4 is 11.4 Å². The van der Waals surface area contributed by atoms with Crippen molar-refractivity contribution in [3.63, 3.8) is 0 Å². The second-order valence-electron chi connectivity index (χ2n) is 5.38. The highest BCUT2D eigenvalue weighted by molar-refractivity contribution is 5.90. The Morgan fingerprint density at radius 1 is 1.09 bits per heavy atom. The summed E-state index contributed by atoms with van der Waals surface area (Å²) in [6.07, 6.45) is 0.806. The van der Waals surface area contributed by atoms with Gasteiger partial charge in [0.2, 0.25) is 0 Å². The van der Waals surface area contributed by atoms with Crippen molar-refractivity contribution < 1.29 is 9.47 Å². The van der Waals surface area contributed by atoms with Gasteiger partial charge in [0.05, 0.1) is 26.0 Å². The molecule has 2 aromatic carbocycles. The van der Waals surface area contributed by atoms with Crippen molar-refractivity contribution in [2.45, 2.75) is 12.5 Å². The van der Waals surface area contributed by atoms with Crippen LogP contribution in [0.25, 0.3) is 0 Å². The first-order chi connectivity index (χ1) is 11.3. The minimum atomic E-state index is 0.107. The first-order valence-electron chi connectivity index (χ1n) is 7.59. The number of nitrogens with zero attached hydrogens (tertiary/aromatic N) is 2. The maximum Gasteiger partial charge on any atom is 0.144 e. The van der Waals surface area contributed by atoms with Gasteiger partial charge >= 0.3 is 0 Å². The molecule has 0 bridgehead atoms. The number of hydrogen-bond acceptors (Lipinski definition) is 5. The molecule has 2 aromatic rings. The van der Waals surface area contributed by atoms with Gasteiger partial charge in [-0.15, -0.1) is 0 Å². The summed E-state index contributed by atoms with van der Waals surface area (Å²) in [5, 5.41) is 6.70. The fourth-order valence-corrected chi connectivity index (χ4v) is 2.82. The fourth-order valence-electron chi connectivity index (χ4n) is 2.82. The molecule has 0 saturated carbocycles. The van der Waals surface area contributed by atoms with Crippen LogP contribution in [0.2, 0.25) is 0 Å². The number of methoxy groups -OCH3 is 2. The second-order valence-corrected chi connectivity index (χ2v) is 5.38. The number of anilines is 1. The number of nitrogens with two attached hydrogens (primary N) is 1. The Labute approximate surface area is 136 Å². The summed E-state index contributed by atoms with van der Waals surface area (Å²) in [5.41, 5.74) is 8.92. The Balaban J connectivity index is 1.98. The highest BCUT2D eigenvalue weighted by Crippen LogP contribution is 2.39. The molecule has 1 aliphatic rings. The average Bonchev–Trinajstić information content (AvgIpc) is 3.06. The van der Waals surface area contributed by atoms with E-state index in [9.17, 15) is 0 Å². The molecular formula is C18H21N3O2. The Kier molecular flexibility index (Phi) is 4.48. The molecule has 2 N–H and O–H groups in total. The molecule has 0 aromatic heterocycles. The van der Waals surface area contributed by atoms with Crippen LogP contribution in [-0.2, 0) is 0 Å². The molecule has 5 nitrogen and oxygen atoms in total. The molecule has 1 heterocycles. The van der Waals surface area contributed by atoms with Crippen molar-refractivity contribution in [2.75, 3.05) is 25.8 Å². The van der Waals surface area contributed by atoms with Gasteiger partial charge < -0.3 is 15.2 Å². The van der Waals surface area contributed by atoms with Crippen LogP contribution in [0.1, 0.15) is 18.0 Å². The molecule has 1 atom stereocenters. The Morgan fingerprint density at radius 3 is 2.48 bits per heavy atom. The first kappa shape index (κ1) is 15.4. The average molecular weight is 311 g/mol. The van der Waals surface area contributed by atoms with Crippen molar-refractivity contribution in [3.05, 3.63) is 54.1 Å². The summed E-state index contributed by atoms with van der Waals surface area (Å²) in [7, 11) is 3.34. The number of ether oxygens (including phenoxy) is 2. The zero-order valence-electron chi connectivity index (χ0n) is 13.4. The zero-order chi connectivity index (χ0) is 16.2. The molecule has 0 spiro atoms. The Hall–Kier alpha value is -2.53. The highest BCUT2D eigenvalue weighted by Gasteiger charge is 2.30. The SMILES string of the molecule is COc1ccc(C2CC(CN)=NN2c2ccccc2OC)cc1. The normalized spacial score (nSPS) is 17.1. The van der Waals surface area contributed by atoms with Crippen LogP contribution in [0, 0.1) is 0 Å². The van der Waals surface area contributed by atoms with Crippen LogP contribution in [0.3, 0.4) is 0 Å². The van der Waals surface area contributed by atoms with Crippen LogP contribution in [0.4, 0.5) is 5.69 Å². The summed E-state index contributed by atoms with van der Waals surface area (Å²) in [6, 6.07) is 16.1. The molecule has 0 saturated heterocycles. The summed E-state index contributed by atoms with van der Waals surface area (Å²) >= 11 is 0. The molecular weight excluding hydrogens is 290 g/mol. The molecule has 3 rings (SSSR count). The number of para-hydroxylation sites is 2. The standard InChI is InChI=1S/C18H21N3O2/c1-22-15-9-7-13(8-10-15)17-11-14(12-19)20-21(17)16-5-3-4-6-18(16)23-2/h3-10,17H,11-12,19H2,1-2H3. The Morgan fingerprint density at radius 2 is 1.83 bits per heavy atom. The summed E-state index contributed by atoms with van der Waals surface area (Å²) < 4.78 is 10.7. The first-order valence-corrected chi connectivity index (χ1v) is 7.59. The van der Waals surface area contributed by atoms with Crippen molar-refractivity contribution in [1.29, 1.82) is 0 Å². The highest BCUT2D eigenvalue weighted by atomic mass is 16.5. The van der Waals surface area contributed by atoms with Crippen LogP contribution in [0.5, 0.6) is 11.5 Å². The van der Waals surface area contributed by atoms with Gasteiger partial charge in [-0.25, -0.2) is 0 Å². The number of benzene rings is 2. The third kappa shape index (κ3) is 3.00. The van der Waals surface area contributed by atoms with Gasteiger partial charge in [0.25, 0.3) is 0 Å². The predicted molar refractivity (Wildman–Crippen MR) is 92.3 cm³/mol. The van der Waals surface area contributed by atoms with Crippen LogP contribution in [-0.4, -0.2) is 26.5 Å². The van der Waals surface area contributed by atoms with Crippen LogP contribution in [0.15, 0.2) is 53.6 Å². The van der Waals surface area contributed by atoms with Gasteiger partial charge in [-0.2, -0.15) is 5.10 Å². The van der Waals surface area contributed by atoms with Crippen molar-refractivity contribution in [1.82, 2.24) is 0 Å². The lowest BCUT2D eigenvalue weighted by Gasteiger charge is -2.25. The van der Waals surface area contributed by atoms with Crippen LogP contribution < -0.4 is 20.2 Å². The minimum absolute atomic E-state index is 0.107. The van der Waals surface area contributed by atoms with Gasteiger partial charge in [-0.3, -0.25) is 5.01 Å². The summed E-state index contributed by atoms with van der Waals surface area (Å²) in [4.78, 5) is 0. The van der Waals surface area contributed by atoms with Crippen LogP contribution >= 0.6 is 0 Å². The molecule has 0 radical (unpaired) electrons. The molecule has 1 aliphatic heterocycles. The van der Waals surface area contributed by atoms with Crippen molar-refractivity contribution in [3.8, 4) is 11.5 Å². The van der Waals surface area contributed by atoms with E-state index in [4.69, 9.17) is 20.3 Å². The van der Waals surface area contributed by atoms with E-state index in [1.165, 1.54) is 5.56 Å². The van der Waals surface area contributed by atoms with E-state index < -0.39 is 0 Å². The number of rotatable bonds is 5. The molecule has 120 valence electrons. The maximum atomic E-state index is 5.82. The monoisotopic (exact) mass is 311 g/mol. The van der Waals surface area contributed by atoms with E-state index in [2.05, 4.69) is 12.1 Å². The van der Waals surface area contributed by atoms with Gasteiger partial charge in [0.15, 0.2) is 0 Å². The molecule has 23 heavy (non-hydrogen) atoms. The fraction of sp³-hybridized carbons (Fsp3) is 0.278. The molecule has 0 amide bonds. The smallest absolute Gasteiger partial charge is 0.144 e. The topological polar surface area (TPSA) is 60.1 Å². The maximum absolute atomic E-state index is 5.82. The zero-order valence-corrected chi connectivity index (χ0v) is 13.4. The minimum Gasteiger partial charge on any atom is -0.497 e. The number of hydrazone groups is 1. The lowest BCUT2D eigenvalue weighted by molar-refractivity contribution is 0.413. The Bertz CT molecular complexity index is 698. The van der Waals surface area contributed by atoms with E-state index in [-0.39, 0.29) is 6.04 Å². The quantitative estimate of drug-likeness (QED) is 0.922. The molecule has 0 aliphatic carbocycles. The van der Waals surface area contributed by atoms with E-state index in [0.29, 0.717) is 6.54 Å². The third-order valence-corrected chi connectivity index (χ3v) is 4.04. The molecule has 1 unspecified atom stereocenters. The van der Waals surface area contributed by atoms with Crippen molar-refractivity contribution in [2.24, 2.45) is 10.8 Å². The van der Waals surface area contributed by atoms with Gasteiger partial charge in [-0.1, -0.05) is 24.3 Å².